The molecule has 1 fully saturated rings. The van der Waals surface area contributed by atoms with Crippen molar-refractivity contribution < 1.29 is 19.1 Å². The Morgan fingerprint density at radius 3 is 1.46 bits per heavy atom. The van der Waals surface area contributed by atoms with Crippen LogP contribution in [0.15, 0.2) is 72.8 Å². The van der Waals surface area contributed by atoms with Gasteiger partial charge >= 0.3 is 11.9 Å². The summed E-state index contributed by atoms with van der Waals surface area (Å²) in [6.45, 7) is 0. The lowest BCUT2D eigenvalue weighted by atomic mass is 9.94. The molecule has 2 atom stereocenters. The van der Waals surface area contributed by atoms with Gasteiger partial charge in [0.2, 0.25) is 0 Å². The predicted octanol–water partition coefficient (Wildman–Crippen LogP) is 4.81. The van der Waals surface area contributed by atoms with Gasteiger partial charge in [-0.3, -0.25) is 0 Å². The molecule has 3 rings (SSSR count). The van der Waals surface area contributed by atoms with Gasteiger partial charge in [0.05, 0.1) is 0 Å². The summed E-state index contributed by atoms with van der Waals surface area (Å²) < 4.78 is 11.1. The van der Waals surface area contributed by atoms with Crippen molar-refractivity contribution in [2.24, 2.45) is 0 Å². The minimum atomic E-state index is -0.420. The second kappa shape index (κ2) is 10.3. The zero-order valence-corrected chi connectivity index (χ0v) is 15.7. The van der Waals surface area contributed by atoms with Gasteiger partial charge in [0.25, 0.3) is 0 Å². The minimum absolute atomic E-state index is 0.407. The molecule has 1 aliphatic rings. The van der Waals surface area contributed by atoms with Crippen LogP contribution in [0.3, 0.4) is 0 Å². The van der Waals surface area contributed by atoms with E-state index in [0.29, 0.717) is 12.8 Å². The molecule has 1 saturated carbocycles. The number of carbonyl (C=O) groups excluding carboxylic acids is 2. The van der Waals surface area contributed by atoms with Crippen molar-refractivity contribution in [3.05, 3.63) is 83.9 Å². The second-order valence-electron chi connectivity index (χ2n) is 6.72. The van der Waals surface area contributed by atoms with E-state index < -0.39 is 24.1 Å². The van der Waals surface area contributed by atoms with Crippen molar-refractivity contribution in [1.29, 1.82) is 0 Å². The largest absolute Gasteiger partial charge is 0.455 e. The summed E-state index contributed by atoms with van der Waals surface area (Å²) >= 11 is 0. The third kappa shape index (κ3) is 6.23. The molecule has 0 bridgehead atoms. The molecule has 0 unspecified atom stereocenters. The summed E-state index contributed by atoms with van der Waals surface area (Å²) in [5.41, 5.74) is 1.86. The van der Waals surface area contributed by atoms with Crippen LogP contribution in [0, 0.1) is 0 Å². The van der Waals surface area contributed by atoms with Gasteiger partial charge in [-0.05, 0) is 49.0 Å². The van der Waals surface area contributed by atoms with Crippen LogP contribution in [0.25, 0.3) is 12.2 Å². The monoisotopic (exact) mass is 376 g/mol. The van der Waals surface area contributed by atoms with E-state index in [0.717, 1.165) is 24.0 Å². The fraction of sp³-hybridized carbons (Fsp3) is 0.250. The third-order valence-corrected chi connectivity index (χ3v) is 4.60. The molecule has 2 aromatic rings. The molecule has 0 radical (unpaired) electrons. The maximum atomic E-state index is 12.2. The molecule has 144 valence electrons. The quantitative estimate of drug-likeness (QED) is 0.536. The first kappa shape index (κ1) is 19.6. The van der Waals surface area contributed by atoms with Crippen LogP contribution in [0.2, 0.25) is 0 Å². The van der Waals surface area contributed by atoms with E-state index in [1.165, 1.54) is 12.2 Å². The molecule has 0 amide bonds. The summed E-state index contributed by atoms with van der Waals surface area (Å²) in [5, 5.41) is 0. The van der Waals surface area contributed by atoms with Crippen LogP contribution in [-0.4, -0.2) is 24.1 Å². The summed E-state index contributed by atoms with van der Waals surface area (Å²) in [7, 11) is 0. The van der Waals surface area contributed by atoms with Gasteiger partial charge in [0, 0.05) is 12.2 Å². The lowest BCUT2D eigenvalue weighted by Gasteiger charge is -2.30. The average Bonchev–Trinajstić information content (AvgIpc) is 2.74. The highest BCUT2D eigenvalue weighted by Crippen LogP contribution is 2.24. The summed E-state index contributed by atoms with van der Waals surface area (Å²) in [6, 6.07) is 19.1. The highest BCUT2D eigenvalue weighted by molar-refractivity contribution is 5.88. The van der Waals surface area contributed by atoms with Gasteiger partial charge in [-0.25, -0.2) is 9.59 Å². The van der Waals surface area contributed by atoms with Crippen molar-refractivity contribution in [1.82, 2.24) is 0 Å². The number of ether oxygens (including phenoxy) is 2. The molecule has 0 saturated heterocycles. The van der Waals surface area contributed by atoms with Gasteiger partial charge in [0.15, 0.2) is 0 Å². The van der Waals surface area contributed by atoms with Gasteiger partial charge in [-0.2, -0.15) is 0 Å². The Kier molecular flexibility index (Phi) is 7.19. The molecule has 1 aliphatic carbocycles. The zero-order chi connectivity index (χ0) is 19.6. The Morgan fingerprint density at radius 2 is 1.07 bits per heavy atom. The van der Waals surface area contributed by atoms with E-state index in [1.807, 2.05) is 60.7 Å². The predicted molar refractivity (Wildman–Crippen MR) is 109 cm³/mol. The lowest BCUT2D eigenvalue weighted by Crippen LogP contribution is -2.37. The molecule has 0 aliphatic heterocycles. The maximum absolute atomic E-state index is 12.2. The molecule has 0 N–H and O–H groups in total. The molecule has 28 heavy (non-hydrogen) atoms. The fourth-order valence-corrected chi connectivity index (χ4v) is 3.17. The number of carbonyl (C=O) groups is 2. The Balaban J connectivity index is 1.54. The van der Waals surface area contributed by atoms with Crippen LogP contribution in [0.1, 0.15) is 36.8 Å². The third-order valence-electron chi connectivity index (χ3n) is 4.60. The van der Waals surface area contributed by atoms with E-state index in [1.54, 1.807) is 12.2 Å². The molecule has 0 aromatic heterocycles. The number of hydrogen-bond donors (Lipinski definition) is 0. The second-order valence-corrected chi connectivity index (χ2v) is 6.72. The highest BCUT2D eigenvalue weighted by Gasteiger charge is 2.30. The zero-order valence-electron chi connectivity index (χ0n) is 15.7. The summed E-state index contributed by atoms with van der Waals surface area (Å²) in [5.74, 6) is -0.840. The molecule has 0 spiro atoms. The Morgan fingerprint density at radius 1 is 0.679 bits per heavy atom. The summed E-state index contributed by atoms with van der Waals surface area (Å²) in [4.78, 5) is 24.3. The van der Waals surface area contributed by atoms with Gasteiger partial charge < -0.3 is 9.47 Å². The first-order valence-corrected chi connectivity index (χ1v) is 9.58. The lowest BCUT2D eigenvalue weighted by molar-refractivity contribution is -0.165. The van der Waals surface area contributed by atoms with Gasteiger partial charge in [-0.1, -0.05) is 60.7 Å². The molecule has 4 heteroatoms. The Bertz CT molecular complexity index is 753. The summed E-state index contributed by atoms with van der Waals surface area (Å²) in [6.07, 6.45) is 8.75. The smallest absolute Gasteiger partial charge is 0.331 e. The normalized spacial score (nSPS) is 19.6. The number of rotatable bonds is 6. The minimum Gasteiger partial charge on any atom is -0.455 e. The molecular weight excluding hydrogens is 352 g/mol. The topological polar surface area (TPSA) is 52.6 Å². The van der Waals surface area contributed by atoms with Crippen molar-refractivity contribution in [3.8, 4) is 0 Å². The highest BCUT2D eigenvalue weighted by atomic mass is 16.6. The van der Waals surface area contributed by atoms with E-state index in [2.05, 4.69) is 0 Å². The van der Waals surface area contributed by atoms with E-state index in [9.17, 15) is 9.59 Å². The maximum Gasteiger partial charge on any atom is 0.331 e. The molecular formula is C24H24O4. The van der Waals surface area contributed by atoms with Crippen molar-refractivity contribution in [3.63, 3.8) is 0 Å². The molecule has 2 aromatic carbocycles. The standard InChI is InChI=1S/C24H24O4/c25-23(17-15-19-9-3-1-4-10-19)27-21-13-7-8-14-22(21)28-24(26)18-16-20-11-5-2-6-12-20/h1-6,9-12,15-18,21-22H,7-8,13-14H2/b17-15+,18-16+/t21-,22-/m1/s1. The van der Waals surface area contributed by atoms with E-state index in [-0.39, 0.29) is 0 Å². The number of esters is 2. The average molecular weight is 376 g/mol. The van der Waals surface area contributed by atoms with Crippen LogP contribution >= 0.6 is 0 Å². The van der Waals surface area contributed by atoms with Crippen molar-refractivity contribution in [2.75, 3.05) is 0 Å². The first-order valence-electron chi connectivity index (χ1n) is 9.58. The van der Waals surface area contributed by atoms with Crippen LogP contribution in [0.5, 0.6) is 0 Å². The fourth-order valence-electron chi connectivity index (χ4n) is 3.17. The van der Waals surface area contributed by atoms with Gasteiger partial charge in [0.1, 0.15) is 12.2 Å². The molecule has 4 nitrogen and oxygen atoms in total. The SMILES string of the molecule is O=C(/C=C/c1ccccc1)O[C@@H]1CCCC[C@H]1OC(=O)/C=C/c1ccccc1. The van der Waals surface area contributed by atoms with Crippen molar-refractivity contribution >= 4 is 24.1 Å². The van der Waals surface area contributed by atoms with Crippen LogP contribution < -0.4 is 0 Å². The van der Waals surface area contributed by atoms with Crippen LogP contribution in [-0.2, 0) is 19.1 Å². The Labute approximate surface area is 165 Å². The van der Waals surface area contributed by atoms with E-state index >= 15 is 0 Å². The number of hydrogen-bond acceptors (Lipinski definition) is 4. The van der Waals surface area contributed by atoms with Gasteiger partial charge in [-0.15, -0.1) is 0 Å². The van der Waals surface area contributed by atoms with Crippen LogP contribution in [0.4, 0.5) is 0 Å². The van der Waals surface area contributed by atoms with E-state index in [4.69, 9.17) is 9.47 Å². The number of benzene rings is 2. The van der Waals surface area contributed by atoms with Crippen molar-refractivity contribution in [2.45, 2.75) is 37.9 Å². The first-order chi connectivity index (χ1) is 13.7. The molecule has 0 heterocycles. The Hall–Kier alpha value is -3.14.